The zero-order valence-corrected chi connectivity index (χ0v) is 10.9. The first-order valence-corrected chi connectivity index (χ1v) is 6.55. The molecular weight excluding hydrogens is 264 g/mol. The van der Waals surface area contributed by atoms with Gasteiger partial charge in [0.2, 0.25) is 0 Å². The number of pyridine rings is 1. The summed E-state index contributed by atoms with van der Waals surface area (Å²) in [6.07, 6.45) is 2.50. The van der Waals surface area contributed by atoms with E-state index in [1.54, 1.807) is 6.20 Å². The van der Waals surface area contributed by atoms with Crippen molar-refractivity contribution in [2.75, 3.05) is 6.54 Å². The number of rotatable bonds is 2. The highest BCUT2D eigenvalue weighted by Gasteiger charge is 2.34. The van der Waals surface area contributed by atoms with E-state index in [4.69, 9.17) is 11.6 Å². The van der Waals surface area contributed by atoms with Crippen molar-refractivity contribution < 1.29 is 9.90 Å². The molecule has 0 amide bonds. The van der Waals surface area contributed by atoms with Gasteiger partial charge in [0.1, 0.15) is 6.04 Å². The second-order valence-corrected chi connectivity index (χ2v) is 5.11. The Labute approximate surface area is 115 Å². The summed E-state index contributed by atoms with van der Waals surface area (Å²) in [5.74, 6) is -0.881. The molecule has 5 heteroatoms. The highest BCUT2D eigenvalue weighted by Crippen LogP contribution is 2.34. The highest BCUT2D eigenvalue weighted by molar-refractivity contribution is 6.35. The molecule has 0 saturated carbocycles. The molecule has 0 bridgehead atoms. The number of carboxylic acid groups (broad SMARTS) is 1. The van der Waals surface area contributed by atoms with Gasteiger partial charge in [-0.2, -0.15) is 0 Å². The molecule has 19 heavy (non-hydrogen) atoms. The van der Waals surface area contributed by atoms with Gasteiger partial charge in [-0.1, -0.05) is 17.7 Å². The van der Waals surface area contributed by atoms with Crippen molar-refractivity contribution in [2.24, 2.45) is 0 Å². The molecule has 1 aromatic heterocycles. The van der Waals surface area contributed by atoms with Crippen molar-refractivity contribution in [1.82, 2.24) is 10.3 Å². The summed E-state index contributed by atoms with van der Waals surface area (Å²) in [7, 11) is 0. The number of nitrogens with one attached hydrogen (secondary N) is 1. The van der Waals surface area contributed by atoms with Crippen molar-refractivity contribution in [1.29, 1.82) is 0 Å². The normalized spacial score (nSPS) is 22.8. The SMILES string of the molecule is O=C(O)C1NCCC1c1ccc(Cl)c2cccnc12. The maximum atomic E-state index is 11.3. The predicted molar refractivity (Wildman–Crippen MR) is 73.5 cm³/mol. The lowest BCUT2D eigenvalue weighted by atomic mass is 9.90. The lowest BCUT2D eigenvalue weighted by Crippen LogP contribution is -2.34. The largest absolute Gasteiger partial charge is 0.480 e. The lowest BCUT2D eigenvalue weighted by molar-refractivity contribution is -0.139. The van der Waals surface area contributed by atoms with E-state index < -0.39 is 12.0 Å². The van der Waals surface area contributed by atoms with Crippen LogP contribution in [0.5, 0.6) is 0 Å². The molecule has 1 aliphatic heterocycles. The van der Waals surface area contributed by atoms with E-state index in [1.807, 2.05) is 24.3 Å². The predicted octanol–water partition coefficient (Wildman–Crippen LogP) is 2.42. The van der Waals surface area contributed by atoms with Crippen LogP contribution in [0.1, 0.15) is 17.9 Å². The minimum absolute atomic E-state index is 0.0628. The first kappa shape index (κ1) is 12.4. The van der Waals surface area contributed by atoms with E-state index >= 15 is 0 Å². The van der Waals surface area contributed by atoms with Gasteiger partial charge < -0.3 is 10.4 Å². The van der Waals surface area contributed by atoms with Crippen molar-refractivity contribution in [3.63, 3.8) is 0 Å². The minimum atomic E-state index is -0.818. The molecule has 1 saturated heterocycles. The Morgan fingerprint density at radius 2 is 2.26 bits per heavy atom. The summed E-state index contributed by atoms with van der Waals surface area (Å²) >= 11 is 6.16. The van der Waals surface area contributed by atoms with Crippen LogP contribution in [0.2, 0.25) is 5.02 Å². The van der Waals surface area contributed by atoms with Gasteiger partial charge in [-0.15, -0.1) is 0 Å². The molecule has 2 aromatic rings. The number of carbonyl (C=O) groups is 1. The molecule has 1 aliphatic rings. The third-order valence-corrected chi connectivity index (χ3v) is 3.96. The monoisotopic (exact) mass is 276 g/mol. The maximum absolute atomic E-state index is 11.3. The zero-order valence-electron chi connectivity index (χ0n) is 10.1. The summed E-state index contributed by atoms with van der Waals surface area (Å²) < 4.78 is 0. The van der Waals surface area contributed by atoms with Gasteiger partial charge in [-0.05, 0) is 36.7 Å². The van der Waals surface area contributed by atoms with Gasteiger partial charge in [-0.25, -0.2) is 0 Å². The smallest absolute Gasteiger partial charge is 0.321 e. The number of carboxylic acids is 1. The molecule has 0 radical (unpaired) electrons. The molecule has 2 N–H and O–H groups in total. The Morgan fingerprint density at radius 3 is 3.05 bits per heavy atom. The number of benzene rings is 1. The third kappa shape index (κ3) is 2.07. The number of aromatic nitrogens is 1. The lowest BCUT2D eigenvalue weighted by Gasteiger charge is -2.17. The summed E-state index contributed by atoms with van der Waals surface area (Å²) in [6, 6.07) is 6.90. The summed E-state index contributed by atoms with van der Waals surface area (Å²) in [6.45, 7) is 0.707. The van der Waals surface area contributed by atoms with Crippen molar-refractivity contribution >= 4 is 28.5 Å². The maximum Gasteiger partial charge on any atom is 0.321 e. The van der Waals surface area contributed by atoms with E-state index in [9.17, 15) is 9.90 Å². The van der Waals surface area contributed by atoms with E-state index in [0.29, 0.717) is 11.6 Å². The molecule has 3 rings (SSSR count). The van der Waals surface area contributed by atoms with Gasteiger partial charge in [0.25, 0.3) is 0 Å². The van der Waals surface area contributed by atoms with Crippen LogP contribution < -0.4 is 5.32 Å². The standard InChI is InChI=1S/C14H13ClN2O2/c15-11-4-3-8(12-10(11)2-1-6-16-12)9-5-7-17-13(9)14(18)19/h1-4,6,9,13,17H,5,7H2,(H,18,19). The first-order valence-electron chi connectivity index (χ1n) is 6.18. The number of aliphatic carboxylic acids is 1. The van der Waals surface area contributed by atoms with Crippen LogP contribution in [0, 0.1) is 0 Å². The number of hydrogen-bond acceptors (Lipinski definition) is 3. The second-order valence-electron chi connectivity index (χ2n) is 4.70. The molecule has 4 nitrogen and oxygen atoms in total. The highest BCUT2D eigenvalue weighted by atomic mass is 35.5. The summed E-state index contributed by atoms with van der Waals surface area (Å²) in [5.41, 5.74) is 1.76. The molecule has 1 aromatic carbocycles. The number of nitrogens with zero attached hydrogens (tertiary/aromatic N) is 1. The summed E-state index contributed by atoms with van der Waals surface area (Å²) in [5, 5.41) is 13.8. The quantitative estimate of drug-likeness (QED) is 0.884. The summed E-state index contributed by atoms with van der Waals surface area (Å²) in [4.78, 5) is 15.7. The Balaban J connectivity index is 2.15. The average molecular weight is 277 g/mol. The molecule has 98 valence electrons. The van der Waals surface area contributed by atoms with E-state index in [2.05, 4.69) is 10.3 Å². The first-order chi connectivity index (χ1) is 9.18. The van der Waals surface area contributed by atoms with E-state index in [-0.39, 0.29) is 5.92 Å². The van der Waals surface area contributed by atoms with Gasteiger partial charge >= 0.3 is 5.97 Å². The van der Waals surface area contributed by atoms with Crippen LogP contribution in [0.3, 0.4) is 0 Å². The van der Waals surface area contributed by atoms with Crippen molar-refractivity contribution in [3.8, 4) is 0 Å². The van der Waals surface area contributed by atoms with Crippen LogP contribution in [0.15, 0.2) is 30.5 Å². The molecule has 2 heterocycles. The van der Waals surface area contributed by atoms with E-state index in [0.717, 1.165) is 22.9 Å². The molecule has 0 spiro atoms. The van der Waals surface area contributed by atoms with Crippen LogP contribution in [-0.2, 0) is 4.79 Å². The third-order valence-electron chi connectivity index (χ3n) is 3.64. The Kier molecular flexibility index (Phi) is 3.12. The molecule has 2 atom stereocenters. The van der Waals surface area contributed by atoms with Crippen molar-refractivity contribution in [2.45, 2.75) is 18.4 Å². The number of fused-ring (bicyclic) bond motifs is 1. The Morgan fingerprint density at radius 1 is 1.42 bits per heavy atom. The average Bonchev–Trinajstić information content (AvgIpc) is 2.89. The topological polar surface area (TPSA) is 62.2 Å². The zero-order chi connectivity index (χ0) is 13.4. The van der Waals surface area contributed by atoms with Crippen LogP contribution in [-0.4, -0.2) is 28.6 Å². The fourth-order valence-electron chi connectivity index (χ4n) is 2.76. The van der Waals surface area contributed by atoms with Crippen LogP contribution in [0.4, 0.5) is 0 Å². The van der Waals surface area contributed by atoms with Gasteiger partial charge in [0.15, 0.2) is 0 Å². The fourth-order valence-corrected chi connectivity index (χ4v) is 2.97. The Bertz CT molecular complexity index is 644. The van der Waals surface area contributed by atoms with E-state index in [1.165, 1.54) is 0 Å². The molecular formula is C14H13ClN2O2. The fraction of sp³-hybridized carbons (Fsp3) is 0.286. The van der Waals surface area contributed by atoms with Gasteiger partial charge in [-0.3, -0.25) is 9.78 Å². The number of hydrogen-bond donors (Lipinski definition) is 2. The van der Waals surface area contributed by atoms with Crippen LogP contribution >= 0.6 is 11.6 Å². The van der Waals surface area contributed by atoms with Gasteiger partial charge in [0.05, 0.1) is 5.52 Å². The molecule has 0 aliphatic carbocycles. The minimum Gasteiger partial charge on any atom is -0.480 e. The molecule has 1 fully saturated rings. The van der Waals surface area contributed by atoms with Crippen molar-refractivity contribution in [3.05, 3.63) is 41.0 Å². The van der Waals surface area contributed by atoms with Crippen LogP contribution in [0.25, 0.3) is 10.9 Å². The Hall–Kier alpha value is -1.65. The van der Waals surface area contributed by atoms with Gasteiger partial charge in [0, 0.05) is 22.5 Å². The second kappa shape index (κ2) is 4.79. The molecule has 2 unspecified atom stereocenters. The number of halogens is 1.